The van der Waals surface area contributed by atoms with Crippen LogP contribution in [0.25, 0.3) is 33.6 Å². The van der Waals surface area contributed by atoms with Crippen LogP contribution in [-0.2, 0) is 13.1 Å². The molecule has 5 aromatic rings. The highest BCUT2D eigenvalue weighted by molar-refractivity contribution is 5.72. The standard InChI is InChI=1S/C20H18N.C13H12N/c1-14-6-5-7-15(2)20(14)17-10-11-19-18-9-4-3-8-16(18)12-21(19)13-17;1-10-5-4-6-11-9-14-8-3-2-7-12(14)13(10)11/h3-11,13H,12H2,1-2H3;2-8H,9H2,1H3/q2*+1. The van der Waals surface area contributed by atoms with Crippen molar-refractivity contribution in [2.24, 2.45) is 0 Å². The number of aryl methyl sites for hydroxylation is 3. The molecule has 0 saturated heterocycles. The van der Waals surface area contributed by atoms with E-state index < -0.39 is 0 Å². The van der Waals surface area contributed by atoms with Gasteiger partial charge in [0.1, 0.15) is 0 Å². The van der Waals surface area contributed by atoms with Crippen molar-refractivity contribution in [3.63, 3.8) is 0 Å². The summed E-state index contributed by atoms with van der Waals surface area (Å²) < 4.78 is 4.67. The van der Waals surface area contributed by atoms with Crippen molar-refractivity contribution >= 4 is 0 Å². The minimum Gasteiger partial charge on any atom is -0.194 e. The summed E-state index contributed by atoms with van der Waals surface area (Å²) in [7, 11) is 0. The third-order valence-electron chi connectivity index (χ3n) is 7.33. The predicted octanol–water partition coefficient (Wildman–Crippen LogP) is 6.60. The van der Waals surface area contributed by atoms with Crippen molar-refractivity contribution < 1.29 is 9.13 Å². The molecular weight excluding hydrogens is 424 g/mol. The zero-order valence-corrected chi connectivity index (χ0v) is 20.6. The molecule has 0 aliphatic carbocycles. The zero-order valence-electron chi connectivity index (χ0n) is 20.6. The Morgan fingerprint density at radius 3 is 2.00 bits per heavy atom. The number of fused-ring (bicyclic) bond motifs is 6. The lowest BCUT2D eigenvalue weighted by Crippen LogP contribution is -2.32. The number of pyridine rings is 2. The van der Waals surface area contributed by atoms with Gasteiger partial charge in [-0.1, -0.05) is 54.6 Å². The molecule has 4 heterocycles. The van der Waals surface area contributed by atoms with Crippen LogP contribution in [0.4, 0.5) is 0 Å². The van der Waals surface area contributed by atoms with Gasteiger partial charge in [-0.3, -0.25) is 0 Å². The molecule has 0 spiro atoms. The Balaban J connectivity index is 0.000000141. The molecule has 0 radical (unpaired) electrons. The Hall–Kier alpha value is -4.04. The van der Waals surface area contributed by atoms with Crippen LogP contribution in [0.3, 0.4) is 0 Å². The molecule has 0 unspecified atom stereocenters. The van der Waals surface area contributed by atoms with Crippen molar-refractivity contribution in [1.82, 2.24) is 0 Å². The van der Waals surface area contributed by atoms with Crippen LogP contribution >= 0.6 is 0 Å². The van der Waals surface area contributed by atoms with Crippen LogP contribution in [0, 0.1) is 20.8 Å². The predicted molar refractivity (Wildman–Crippen MR) is 142 cm³/mol. The molecule has 2 aliphatic rings. The molecule has 3 aromatic carbocycles. The molecule has 0 bridgehead atoms. The van der Waals surface area contributed by atoms with E-state index in [1.54, 1.807) is 0 Å². The maximum Gasteiger partial charge on any atom is 0.213 e. The van der Waals surface area contributed by atoms with Crippen LogP contribution in [0.2, 0.25) is 0 Å². The Labute approximate surface area is 207 Å². The van der Waals surface area contributed by atoms with Crippen LogP contribution in [0.1, 0.15) is 27.8 Å². The van der Waals surface area contributed by atoms with Gasteiger partial charge >= 0.3 is 0 Å². The number of hydrogen-bond acceptors (Lipinski definition) is 0. The first-order valence-corrected chi connectivity index (χ1v) is 12.4. The van der Waals surface area contributed by atoms with Gasteiger partial charge in [0.05, 0.1) is 11.1 Å². The Morgan fingerprint density at radius 2 is 1.17 bits per heavy atom. The largest absolute Gasteiger partial charge is 0.213 e. The van der Waals surface area contributed by atoms with Gasteiger partial charge in [0.2, 0.25) is 11.4 Å². The summed E-state index contributed by atoms with van der Waals surface area (Å²) >= 11 is 0. The number of nitrogens with zero attached hydrogens (tertiary/aromatic N) is 2. The van der Waals surface area contributed by atoms with Crippen molar-refractivity contribution in [2.75, 3.05) is 0 Å². The van der Waals surface area contributed by atoms with Gasteiger partial charge in [-0.25, -0.2) is 0 Å². The van der Waals surface area contributed by atoms with E-state index in [-0.39, 0.29) is 0 Å². The van der Waals surface area contributed by atoms with Crippen molar-refractivity contribution in [2.45, 2.75) is 33.9 Å². The van der Waals surface area contributed by atoms with Crippen LogP contribution < -0.4 is 9.13 Å². The highest BCUT2D eigenvalue weighted by Crippen LogP contribution is 2.31. The quantitative estimate of drug-likeness (QED) is 0.247. The number of aromatic nitrogens is 2. The summed E-state index contributed by atoms with van der Waals surface area (Å²) in [5.41, 5.74) is 15.0. The van der Waals surface area contributed by atoms with E-state index in [1.165, 1.54) is 61.5 Å². The Kier molecular flexibility index (Phi) is 5.30. The monoisotopic (exact) mass is 454 g/mol. The maximum atomic E-state index is 2.37. The minimum atomic E-state index is 0.976. The minimum absolute atomic E-state index is 0.976. The van der Waals surface area contributed by atoms with Gasteiger partial charge in [-0.2, -0.15) is 9.13 Å². The first-order valence-electron chi connectivity index (χ1n) is 12.4. The normalized spacial score (nSPS) is 12.2. The molecule has 0 N–H and O–H groups in total. The Morgan fingerprint density at radius 1 is 0.514 bits per heavy atom. The molecule has 2 aromatic heterocycles. The average molecular weight is 455 g/mol. The lowest BCUT2D eigenvalue weighted by molar-refractivity contribution is -0.672. The van der Waals surface area contributed by atoms with E-state index in [4.69, 9.17) is 0 Å². The number of hydrogen-bond donors (Lipinski definition) is 0. The number of benzene rings is 3. The average Bonchev–Trinajstić information content (AvgIpc) is 3.43. The second kappa shape index (κ2) is 8.63. The van der Waals surface area contributed by atoms with Crippen LogP contribution in [0.15, 0.2) is 103 Å². The molecule has 2 heteroatoms. The second-order valence-corrected chi connectivity index (χ2v) is 9.68. The van der Waals surface area contributed by atoms with Crippen molar-refractivity contribution in [3.05, 3.63) is 131 Å². The van der Waals surface area contributed by atoms with Gasteiger partial charge in [0.15, 0.2) is 25.5 Å². The van der Waals surface area contributed by atoms with Crippen LogP contribution in [0.5, 0.6) is 0 Å². The van der Waals surface area contributed by atoms with E-state index >= 15 is 0 Å². The highest BCUT2D eigenvalue weighted by Gasteiger charge is 2.27. The van der Waals surface area contributed by atoms with Crippen LogP contribution in [-0.4, -0.2) is 0 Å². The summed E-state index contributed by atoms with van der Waals surface area (Å²) in [6, 6.07) is 32.6. The molecule has 0 saturated carbocycles. The Bertz CT molecular complexity index is 1560. The fourth-order valence-electron chi connectivity index (χ4n) is 5.68. The van der Waals surface area contributed by atoms with Gasteiger partial charge in [0.25, 0.3) is 0 Å². The third kappa shape index (κ3) is 3.76. The van der Waals surface area contributed by atoms with Gasteiger partial charge < -0.3 is 0 Å². The summed E-state index contributed by atoms with van der Waals surface area (Å²) in [6.07, 6.45) is 4.44. The van der Waals surface area contributed by atoms with E-state index in [1.807, 2.05) is 0 Å². The molecule has 0 amide bonds. The SMILES string of the molecule is Cc1cccc(C)c1-c1ccc2[n+](c1)Cc1ccccc1-2.Cc1cccc2c1-c1cccc[n+]1C2. The van der Waals surface area contributed by atoms with Gasteiger partial charge in [0, 0.05) is 34.9 Å². The summed E-state index contributed by atoms with van der Waals surface area (Å²) in [6.45, 7) is 8.56. The summed E-state index contributed by atoms with van der Waals surface area (Å²) in [4.78, 5) is 0. The molecule has 2 nitrogen and oxygen atoms in total. The molecule has 2 aliphatic heterocycles. The summed E-state index contributed by atoms with van der Waals surface area (Å²) in [5.74, 6) is 0. The third-order valence-corrected chi connectivity index (χ3v) is 7.33. The molecular formula is C33H30N2+2. The molecule has 170 valence electrons. The summed E-state index contributed by atoms with van der Waals surface area (Å²) in [5, 5.41) is 0. The van der Waals surface area contributed by atoms with E-state index in [2.05, 4.69) is 133 Å². The fourth-order valence-corrected chi connectivity index (χ4v) is 5.68. The molecule has 35 heavy (non-hydrogen) atoms. The zero-order chi connectivity index (χ0) is 23.9. The first-order chi connectivity index (χ1) is 17.1. The lowest BCUT2D eigenvalue weighted by Gasteiger charge is -2.08. The van der Waals surface area contributed by atoms with E-state index in [9.17, 15) is 0 Å². The van der Waals surface area contributed by atoms with E-state index in [0.29, 0.717) is 0 Å². The van der Waals surface area contributed by atoms with Gasteiger partial charge in [-0.15, -0.1) is 0 Å². The smallest absolute Gasteiger partial charge is 0.194 e. The van der Waals surface area contributed by atoms with Crippen molar-refractivity contribution in [1.29, 1.82) is 0 Å². The molecule has 0 atom stereocenters. The van der Waals surface area contributed by atoms with E-state index in [0.717, 1.165) is 13.1 Å². The lowest BCUT2D eigenvalue weighted by atomic mass is 9.96. The van der Waals surface area contributed by atoms with Gasteiger partial charge in [-0.05, 0) is 61.2 Å². The first kappa shape index (κ1) is 21.5. The van der Waals surface area contributed by atoms with Crippen molar-refractivity contribution in [3.8, 4) is 33.6 Å². The number of rotatable bonds is 1. The fraction of sp³-hybridized carbons (Fsp3) is 0.152. The molecule has 7 rings (SSSR count). The second-order valence-electron chi connectivity index (χ2n) is 9.68. The topological polar surface area (TPSA) is 7.76 Å². The highest BCUT2D eigenvalue weighted by atomic mass is 15.0. The maximum absolute atomic E-state index is 2.37. The molecule has 0 fully saturated rings.